The SMILES string of the molecule is C=CC=C(C)C(=O)Nc1ccc(S(=O)(=O)Nc2ccc(F)cc2)c2ccccc12. The lowest BCUT2D eigenvalue weighted by Gasteiger charge is -2.14. The van der Waals surface area contributed by atoms with Crippen LogP contribution in [0.1, 0.15) is 6.92 Å². The highest BCUT2D eigenvalue weighted by atomic mass is 32.2. The minimum atomic E-state index is -3.93. The summed E-state index contributed by atoms with van der Waals surface area (Å²) in [7, 11) is -3.93. The summed E-state index contributed by atoms with van der Waals surface area (Å²) >= 11 is 0. The molecule has 0 radical (unpaired) electrons. The molecule has 0 spiro atoms. The van der Waals surface area contributed by atoms with Gasteiger partial charge in [-0.25, -0.2) is 12.8 Å². The zero-order valence-electron chi connectivity index (χ0n) is 15.6. The lowest BCUT2D eigenvalue weighted by atomic mass is 10.1. The van der Waals surface area contributed by atoms with E-state index >= 15 is 0 Å². The molecule has 29 heavy (non-hydrogen) atoms. The Morgan fingerprint density at radius 2 is 1.66 bits per heavy atom. The normalized spacial score (nSPS) is 11.9. The third kappa shape index (κ3) is 4.52. The Kier molecular flexibility index (Phi) is 5.79. The van der Waals surface area contributed by atoms with E-state index in [2.05, 4.69) is 16.6 Å². The molecule has 0 heterocycles. The second kappa shape index (κ2) is 8.28. The third-order valence-electron chi connectivity index (χ3n) is 4.24. The van der Waals surface area contributed by atoms with Crippen LogP contribution in [0.15, 0.2) is 89.9 Å². The van der Waals surface area contributed by atoms with Gasteiger partial charge in [-0.05, 0) is 43.3 Å². The van der Waals surface area contributed by atoms with Crippen LogP contribution in [0.2, 0.25) is 0 Å². The molecule has 1 amide bonds. The molecule has 0 aliphatic rings. The molecule has 0 aliphatic heterocycles. The first kappa shape index (κ1) is 20.3. The van der Waals surface area contributed by atoms with Crippen LogP contribution in [0.5, 0.6) is 0 Å². The van der Waals surface area contributed by atoms with Gasteiger partial charge in [0.05, 0.1) is 4.90 Å². The number of nitrogens with one attached hydrogen (secondary N) is 2. The lowest BCUT2D eigenvalue weighted by Crippen LogP contribution is -2.15. The predicted octanol–water partition coefficient (Wildman–Crippen LogP) is 4.85. The molecule has 3 aromatic carbocycles. The quantitative estimate of drug-likeness (QED) is 0.451. The highest BCUT2D eigenvalue weighted by Gasteiger charge is 2.19. The van der Waals surface area contributed by atoms with Gasteiger partial charge in [0.1, 0.15) is 5.82 Å². The van der Waals surface area contributed by atoms with Crippen molar-refractivity contribution < 1.29 is 17.6 Å². The zero-order chi connectivity index (χ0) is 21.0. The number of hydrogen-bond acceptors (Lipinski definition) is 3. The fourth-order valence-electron chi connectivity index (χ4n) is 2.82. The highest BCUT2D eigenvalue weighted by molar-refractivity contribution is 7.93. The average Bonchev–Trinajstić information content (AvgIpc) is 2.69. The number of sulfonamides is 1. The highest BCUT2D eigenvalue weighted by Crippen LogP contribution is 2.31. The van der Waals surface area contributed by atoms with Crippen molar-refractivity contribution in [3.05, 3.63) is 90.8 Å². The molecule has 0 fully saturated rings. The summed E-state index contributed by atoms with van der Waals surface area (Å²) in [6, 6.07) is 14.9. The van der Waals surface area contributed by atoms with Crippen LogP contribution in [0.4, 0.5) is 15.8 Å². The summed E-state index contributed by atoms with van der Waals surface area (Å²) in [4.78, 5) is 12.4. The Morgan fingerprint density at radius 1 is 1.00 bits per heavy atom. The minimum absolute atomic E-state index is 0.0498. The number of amides is 1. The van der Waals surface area contributed by atoms with E-state index in [1.54, 1.807) is 43.3 Å². The Bertz CT molecular complexity index is 1220. The van der Waals surface area contributed by atoms with Crippen molar-refractivity contribution in [3.63, 3.8) is 0 Å². The van der Waals surface area contributed by atoms with Gasteiger partial charge in [-0.3, -0.25) is 9.52 Å². The summed E-state index contributed by atoms with van der Waals surface area (Å²) in [6.45, 7) is 5.22. The first-order chi connectivity index (χ1) is 13.8. The van der Waals surface area contributed by atoms with Gasteiger partial charge >= 0.3 is 0 Å². The van der Waals surface area contributed by atoms with E-state index < -0.39 is 15.8 Å². The fourth-order valence-corrected chi connectivity index (χ4v) is 4.09. The molecule has 0 saturated carbocycles. The Hall–Kier alpha value is -3.45. The van der Waals surface area contributed by atoms with Gasteiger partial charge in [-0.1, -0.05) is 43.0 Å². The number of benzene rings is 3. The molecule has 0 unspecified atom stereocenters. The standard InChI is InChI=1S/C22H19FN2O3S/c1-3-6-15(2)22(26)24-20-13-14-21(19-8-5-4-7-18(19)20)29(27,28)25-17-11-9-16(23)10-12-17/h3-14,25H,1H2,2H3,(H,24,26). The zero-order valence-corrected chi connectivity index (χ0v) is 16.5. The van der Waals surface area contributed by atoms with Crippen LogP contribution in [-0.4, -0.2) is 14.3 Å². The smallest absolute Gasteiger partial charge is 0.262 e. The van der Waals surface area contributed by atoms with E-state index in [0.717, 1.165) is 0 Å². The number of rotatable bonds is 6. The molecule has 0 aromatic heterocycles. The predicted molar refractivity (Wildman–Crippen MR) is 114 cm³/mol. The number of carbonyl (C=O) groups excluding carboxylic acids is 1. The van der Waals surface area contributed by atoms with Crippen LogP contribution in [0.25, 0.3) is 10.8 Å². The second-order valence-electron chi connectivity index (χ2n) is 6.31. The van der Waals surface area contributed by atoms with E-state index in [4.69, 9.17) is 0 Å². The molecular weight excluding hydrogens is 391 g/mol. The summed E-state index contributed by atoms with van der Waals surface area (Å²) in [5, 5.41) is 3.82. The van der Waals surface area contributed by atoms with Crippen LogP contribution >= 0.6 is 0 Å². The first-order valence-electron chi connectivity index (χ1n) is 8.72. The number of anilines is 2. The van der Waals surface area contributed by atoms with Gasteiger partial charge in [0.2, 0.25) is 0 Å². The minimum Gasteiger partial charge on any atom is -0.322 e. The van der Waals surface area contributed by atoms with Gasteiger partial charge < -0.3 is 5.32 Å². The van der Waals surface area contributed by atoms with E-state index in [9.17, 15) is 17.6 Å². The van der Waals surface area contributed by atoms with Gasteiger partial charge in [0, 0.05) is 27.7 Å². The number of carbonyl (C=O) groups is 1. The molecule has 2 N–H and O–H groups in total. The molecular formula is C22H19FN2O3S. The maximum absolute atomic E-state index is 13.1. The number of halogens is 1. The summed E-state index contributed by atoms with van der Waals surface area (Å²) < 4.78 is 41.4. The molecule has 0 bridgehead atoms. The van der Waals surface area contributed by atoms with E-state index in [0.29, 0.717) is 22.0 Å². The lowest BCUT2D eigenvalue weighted by molar-refractivity contribution is -0.112. The van der Waals surface area contributed by atoms with Crippen molar-refractivity contribution in [2.24, 2.45) is 0 Å². The molecule has 5 nitrogen and oxygen atoms in total. The van der Waals surface area contributed by atoms with Crippen LogP contribution in [0.3, 0.4) is 0 Å². The molecule has 7 heteroatoms. The van der Waals surface area contributed by atoms with Gasteiger partial charge in [0.25, 0.3) is 15.9 Å². The van der Waals surface area contributed by atoms with Crippen molar-refractivity contribution in [1.82, 2.24) is 0 Å². The van der Waals surface area contributed by atoms with Crippen molar-refractivity contribution in [2.75, 3.05) is 10.0 Å². The van der Waals surface area contributed by atoms with E-state index in [-0.39, 0.29) is 16.5 Å². The third-order valence-corrected chi connectivity index (χ3v) is 5.68. The van der Waals surface area contributed by atoms with Crippen molar-refractivity contribution in [1.29, 1.82) is 0 Å². The molecule has 0 aliphatic carbocycles. The average molecular weight is 410 g/mol. The topological polar surface area (TPSA) is 75.3 Å². The Labute approximate surface area is 168 Å². The van der Waals surface area contributed by atoms with Crippen LogP contribution < -0.4 is 10.0 Å². The van der Waals surface area contributed by atoms with Crippen LogP contribution in [0, 0.1) is 5.82 Å². The summed E-state index contributed by atoms with van der Waals surface area (Å²) in [6.07, 6.45) is 3.10. The van der Waals surface area contributed by atoms with Crippen LogP contribution in [-0.2, 0) is 14.8 Å². The maximum atomic E-state index is 13.1. The Morgan fingerprint density at radius 3 is 2.31 bits per heavy atom. The molecule has 148 valence electrons. The monoisotopic (exact) mass is 410 g/mol. The maximum Gasteiger partial charge on any atom is 0.262 e. The number of fused-ring (bicyclic) bond motifs is 1. The van der Waals surface area contributed by atoms with E-state index in [1.165, 1.54) is 36.4 Å². The first-order valence-corrected chi connectivity index (χ1v) is 10.2. The van der Waals surface area contributed by atoms with E-state index in [1.807, 2.05) is 0 Å². The molecule has 3 aromatic rings. The fraction of sp³-hybridized carbons (Fsp3) is 0.0455. The van der Waals surface area contributed by atoms with Gasteiger partial charge in [-0.2, -0.15) is 0 Å². The Balaban J connectivity index is 2.02. The summed E-state index contributed by atoms with van der Waals surface area (Å²) in [5.41, 5.74) is 1.21. The molecule has 3 rings (SSSR count). The molecule has 0 atom stereocenters. The van der Waals surface area contributed by atoms with Gasteiger partial charge in [0.15, 0.2) is 0 Å². The van der Waals surface area contributed by atoms with Gasteiger partial charge in [-0.15, -0.1) is 0 Å². The second-order valence-corrected chi connectivity index (χ2v) is 7.96. The van der Waals surface area contributed by atoms with Crippen molar-refractivity contribution in [3.8, 4) is 0 Å². The van der Waals surface area contributed by atoms with Crippen molar-refractivity contribution >= 4 is 38.1 Å². The largest absolute Gasteiger partial charge is 0.322 e. The number of hydrogen-bond donors (Lipinski definition) is 2. The summed E-state index contributed by atoms with van der Waals surface area (Å²) in [5.74, 6) is -0.769. The molecule has 0 saturated heterocycles. The number of allylic oxidation sites excluding steroid dienone is 2. The van der Waals surface area contributed by atoms with Crippen molar-refractivity contribution in [2.45, 2.75) is 11.8 Å².